The fourth-order valence-electron chi connectivity index (χ4n) is 2.52. The Hall–Kier alpha value is -2.82. The number of methoxy groups -OCH3 is 1. The Morgan fingerprint density at radius 2 is 1.86 bits per heavy atom. The second kappa shape index (κ2) is 5.18. The molecule has 0 unspecified atom stereocenters. The van der Waals surface area contributed by atoms with E-state index in [9.17, 15) is 15.3 Å². The molecule has 0 saturated carbocycles. The first-order valence-electron chi connectivity index (χ1n) is 6.77. The summed E-state index contributed by atoms with van der Waals surface area (Å²) in [5.74, 6) is 0.450. The van der Waals surface area contributed by atoms with Crippen molar-refractivity contribution in [3.63, 3.8) is 0 Å². The standard InChI is InChI=1S/C17H16O5/c1-9-3-12(18)7-15-13(9)4-11(8-22-15)10-5-14(19)17(20)16(6-10)21-2/h3-7,18-20H,8H2,1-2H3. The van der Waals surface area contributed by atoms with Gasteiger partial charge in [-0.2, -0.15) is 0 Å². The van der Waals surface area contributed by atoms with E-state index >= 15 is 0 Å². The molecule has 0 atom stereocenters. The number of hydrogen-bond acceptors (Lipinski definition) is 5. The molecule has 0 aliphatic carbocycles. The molecule has 5 heteroatoms. The number of rotatable bonds is 2. The van der Waals surface area contributed by atoms with Crippen LogP contribution in [0.5, 0.6) is 28.7 Å². The first-order chi connectivity index (χ1) is 10.5. The van der Waals surface area contributed by atoms with Crippen molar-refractivity contribution < 1.29 is 24.8 Å². The van der Waals surface area contributed by atoms with E-state index in [1.807, 2.05) is 13.0 Å². The molecule has 0 radical (unpaired) electrons. The van der Waals surface area contributed by atoms with Gasteiger partial charge in [0.1, 0.15) is 18.1 Å². The Morgan fingerprint density at radius 3 is 2.59 bits per heavy atom. The molecule has 0 spiro atoms. The number of aromatic hydroxyl groups is 3. The minimum Gasteiger partial charge on any atom is -0.508 e. The maximum absolute atomic E-state index is 9.80. The zero-order valence-electron chi connectivity index (χ0n) is 12.3. The van der Waals surface area contributed by atoms with Gasteiger partial charge in [0.05, 0.1) is 7.11 Å². The molecule has 1 aliphatic rings. The summed E-state index contributed by atoms with van der Waals surface area (Å²) in [6.45, 7) is 2.18. The summed E-state index contributed by atoms with van der Waals surface area (Å²) >= 11 is 0. The number of ether oxygens (including phenoxy) is 2. The van der Waals surface area contributed by atoms with Gasteiger partial charge in [-0.1, -0.05) is 0 Å². The van der Waals surface area contributed by atoms with Crippen molar-refractivity contribution in [2.75, 3.05) is 13.7 Å². The Bertz CT molecular complexity index is 777. The minimum absolute atomic E-state index is 0.164. The topological polar surface area (TPSA) is 79.2 Å². The highest BCUT2D eigenvalue weighted by molar-refractivity contribution is 5.88. The van der Waals surface area contributed by atoms with Gasteiger partial charge in [-0.3, -0.25) is 0 Å². The van der Waals surface area contributed by atoms with Gasteiger partial charge in [0.15, 0.2) is 11.5 Å². The van der Waals surface area contributed by atoms with Gasteiger partial charge >= 0.3 is 0 Å². The van der Waals surface area contributed by atoms with Crippen molar-refractivity contribution in [2.24, 2.45) is 0 Å². The molecule has 3 rings (SSSR count). The van der Waals surface area contributed by atoms with Crippen LogP contribution in [-0.2, 0) is 0 Å². The first kappa shape index (κ1) is 14.1. The van der Waals surface area contributed by atoms with Gasteiger partial charge in [-0.05, 0) is 47.9 Å². The van der Waals surface area contributed by atoms with Gasteiger partial charge < -0.3 is 24.8 Å². The predicted molar refractivity (Wildman–Crippen MR) is 82.5 cm³/mol. The molecule has 0 bridgehead atoms. The van der Waals surface area contributed by atoms with Gasteiger partial charge in [-0.25, -0.2) is 0 Å². The van der Waals surface area contributed by atoms with Crippen LogP contribution in [0.15, 0.2) is 24.3 Å². The van der Waals surface area contributed by atoms with Crippen LogP contribution in [0.25, 0.3) is 11.6 Å². The van der Waals surface area contributed by atoms with E-state index in [-0.39, 0.29) is 23.0 Å². The highest BCUT2D eigenvalue weighted by Gasteiger charge is 2.18. The van der Waals surface area contributed by atoms with Crippen LogP contribution in [-0.4, -0.2) is 29.0 Å². The number of benzene rings is 2. The average molecular weight is 300 g/mol. The van der Waals surface area contributed by atoms with Gasteiger partial charge in [-0.15, -0.1) is 0 Å². The Morgan fingerprint density at radius 1 is 1.09 bits per heavy atom. The van der Waals surface area contributed by atoms with Crippen molar-refractivity contribution in [3.8, 4) is 28.7 Å². The quantitative estimate of drug-likeness (QED) is 0.743. The lowest BCUT2D eigenvalue weighted by Gasteiger charge is -2.20. The van der Waals surface area contributed by atoms with E-state index in [4.69, 9.17) is 9.47 Å². The Balaban J connectivity index is 2.10. The zero-order valence-corrected chi connectivity index (χ0v) is 12.3. The van der Waals surface area contributed by atoms with Crippen LogP contribution in [0.1, 0.15) is 16.7 Å². The average Bonchev–Trinajstić information content (AvgIpc) is 2.49. The summed E-state index contributed by atoms with van der Waals surface area (Å²) in [7, 11) is 1.42. The molecule has 1 aliphatic heterocycles. The molecule has 1 heterocycles. The van der Waals surface area contributed by atoms with Crippen LogP contribution in [0.2, 0.25) is 0 Å². The van der Waals surface area contributed by atoms with Gasteiger partial charge in [0.2, 0.25) is 5.75 Å². The van der Waals surface area contributed by atoms with Crippen molar-refractivity contribution in [1.82, 2.24) is 0 Å². The van der Waals surface area contributed by atoms with Crippen molar-refractivity contribution in [1.29, 1.82) is 0 Å². The van der Waals surface area contributed by atoms with E-state index in [1.54, 1.807) is 18.2 Å². The van der Waals surface area contributed by atoms with Crippen LogP contribution in [0.3, 0.4) is 0 Å². The Kier molecular flexibility index (Phi) is 3.33. The van der Waals surface area contributed by atoms with Gasteiger partial charge in [0.25, 0.3) is 0 Å². The molecule has 114 valence electrons. The number of aryl methyl sites for hydroxylation is 1. The van der Waals surface area contributed by atoms with E-state index < -0.39 is 0 Å². The molecule has 0 aromatic heterocycles. The second-order valence-corrected chi connectivity index (χ2v) is 5.18. The summed E-state index contributed by atoms with van der Waals surface area (Å²) in [5.41, 5.74) is 3.31. The summed E-state index contributed by atoms with van der Waals surface area (Å²) in [4.78, 5) is 0. The minimum atomic E-state index is -0.287. The first-order valence-corrected chi connectivity index (χ1v) is 6.77. The van der Waals surface area contributed by atoms with Gasteiger partial charge in [0, 0.05) is 11.6 Å². The second-order valence-electron chi connectivity index (χ2n) is 5.18. The highest BCUT2D eigenvalue weighted by Crippen LogP contribution is 2.41. The molecule has 2 aromatic rings. The molecular formula is C17H16O5. The van der Waals surface area contributed by atoms with Crippen molar-refractivity contribution >= 4 is 11.6 Å². The number of phenols is 3. The van der Waals surface area contributed by atoms with Crippen LogP contribution in [0.4, 0.5) is 0 Å². The number of hydrogen-bond donors (Lipinski definition) is 3. The summed E-state index contributed by atoms with van der Waals surface area (Å²) in [6, 6.07) is 6.35. The molecule has 2 aromatic carbocycles. The summed E-state index contributed by atoms with van der Waals surface area (Å²) in [5, 5.41) is 29.1. The highest BCUT2D eigenvalue weighted by atomic mass is 16.5. The third kappa shape index (κ3) is 2.30. The predicted octanol–water partition coefficient (Wildman–Crippen LogP) is 3.05. The van der Waals surface area contributed by atoms with E-state index in [1.165, 1.54) is 13.2 Å². The van der Waals surface area contributed by atoms with Crippen LogP contribution in [0, 0.1) is 6.92 Å². The van der Waals surface area contributed by atoms with E-state index in [0.717, 1.165) is 16.7 Å². The zero-order chi connectivity index (χ0) is 15.9. The fourth-order valence-corrected chi connectivity index (χ4v) is 2.52. The van der Waals surface area contributed by atoms with E-state index in [0.29, 0.717) is 17.9 Å². The Labute approximate surface area is 127 Å². The maximum atomic E-state index is 9.80. The largest absolute Gasteiger partial charge is 0.508 e. The molecule has 0 fully saturated rings. The SMILES string of the molecule is COc1cc(C2=Cc3c(C)cc(O)cc3OC2)cc(O)c1O. The molecule has 0 amide bonds. The molecule has 3 N–H and O–H groups in total. The number of fused-ring (bicyclic) bond motifs is 1. The maximum Gasteiger partial charge on any atom is 0.200 e. The lowest BCUT2D eigenvalue weighted by atomic mass is 9.97. The lowest BCUT2D eigenvalue weighted by Crippen LogP contribution is -2.07. The third-order valence-electron chi connectivity index (χ3n) is 3.68. The van der Waals surface area contributed by atoms with Crippen LogP contribution >= 0.6 is 0 Å². The molecule has 5 nitrogen and oxygen atoms in total. The smallest absolute Gasteiger partial charge is 0.200 e. The summed E-state index contributed by atoms with van der Waals surface area (Å²) in [6.07, 6.45) is 1.94. The van der Waals surface area contributed by atoms with Crippen molar-refractivity contribution in [2.45, 2.75) is 6.92 Å². The van der Waals surface area contributed by atoms with Crippen molar-refractivity contribution in [3.05, 3.63) is 41.0 Å². The molecular weight excluding hydrogens is 284 g/mol. The van der Waals surface area contributed by atoms with E-state index in [2.05, 4.69) is 0 Å². The van der Waals surface area contributed by atoms with Crippen LogP contribution < -0.4 is 9.47 Å². The lowest BCUT2D eigenvalue weighted by molar-refractivity contribution is 0.349. The monoisotopic (exact) mass is 300 g/mol. The summed E-state index contributed by atoms with van der Waals surface area (Å²) < 4.78 is 10.7. The third-order valence-corrected chi connectivity index (χ3v) is 3.68. The fraction of sp³-hybridized carbons (Fsp3) is 0.176. The number of phenolic OH excluding ortho intramolecular Hbond substituents is 3. The molecule has 0 saturated heterocycles. The normalized spacial score (nSPS) is 13.1. The molecule has 22 heavy (non-hydrogen) atoms.